The van der Waals surface area contributed by atoms with E-state index in [4.69, 9.17) is 10.2 Å². The Morgan fingerprint density at radius 2 is 2.05 bits per heavy atom. The predicted octanol–water partition coefficient (Wildman–Crippen LogP) is 2.55. The number of carbonyl (C=O) groups is 1. The van der Waals surface area contributed by atoms with Gasteiger partial charge >= 0.3 is 0 Å². The largest absolute Gasteiger partial charge is 0.465 e. The van der Waals surface area contributed by atoms with Crippen molar-refractivity contribution in [1.29, 1.82) is 0 Å². The van der Waals surface area contributed by atoms with Crippen LogP contribution in [0.4, 0.5) is 11.4 Å². The monoisotopic (exact) mass is 287 g/mol. The summed E-state index contributed by atoms with van der Waals surface area (Å²) >= 11 is 0. The molecule has 0 fully saturated rings. The van der Waals surface area contributed by atoms with Crippen LogP contribution >= 0.6 is 0 Å². The number of anilines is 2. The number of furan rings is 1. The van der Waals surface area contributed by atoms with E-state index in [-0.39, 0.29) is 12.5 Å². The van der Waals surface area contributed by atoms with E-state index in [1.807, 2.05) is 50.1 Å². The van der Waals surface area contributed by atoms with Gasteiger partial charge in [0.25, 0.3) is 0 Å². The molecule has 112 valence electrons. The number of carbonyl (C=O) groups excluding carboxylic acids is 1. The summed E-state index contributed by atoms with van der Waals surface area (Å²) in [6, 6.07) is 9.34. The van der Waals surface area contributed by atoms with Crippen molar-refractivity contribution in [3.8, 4) is 0 Å². The van der Waals surface area contributed by atoms with Crippen LogP contribution < -0.4 is 11.1 Å². The Labute approximate surface area is 124 Å². The Balaban J connectivity index is 1.87. The molecule has 0 spiro atoms. The Morgan fingerprint density at radius 1 is 1.29 bits per heavy atom. The lowest BCUT2D eigenvalue weighted by atomic mass is 10.2. The minimum Gasteiger partial charge on any atom is -0.465 e. The number of benzene rings is 1. The first-order valence-electron chi connectivity index (χ1n) is 6.84. The van der Waals surface area contributed by atoms with Crippen LogP contribution in [-0.4, -0.2) is 24.4 Å². The average Bonchev–Trinajstić information content (AvgIpc) is 2.79. The SMILES string of the molecule is Cc1ccc(CN(C)CC(=O)Nc2ccc(C)c(N)c2)o1. The molecule has 0 aliphatic heterocycles. The number of rotatable bonds is 5. The molecule has 2 aromatic rings. The van der Waals surface area contributed by atoms with E-state index >= 15 is 0 Å². The van der Waals surface area contributed by atoms with Crippen molar-refractivity contribution in [2.75, 3.05) is 24.6 Å². The lowest BCUT2D eigenvalue weighted by Gasteiger charge is -2.15. The molecule has 0 atom stereocenters. The molecule has 21 heavy (non-hydrogen) atoms. The molecule has 0 saturated heterocycles. The van der Waals surface area contributed by atoms with Gasteiger partial charge in [-0.2, -0.15) is 0 Å². The van der Waals surface area contributed by atoms with Crippen molar-refractivity contribution >= 4 is 17.3 Å². The van der Waals surface area contributed by atoms with Gasteiger partial charge in [-0.15, -0.1) is 0 Å². The van der Waals surface area contributed by atoms with E-state index in [9.17, 15) is 4.79 Å². The summed E-state index contributed by atoms with van der Waals surface area (Å²) in [5.41, 5.74) is 8.21. The standard InChI is InChI=1S/C16H21N3O2/c1-11-4-6-13(8-15(11)17)18-16(20)10-19(3)9-14-7-5-12(2)21-14/h4-8H,9-10,17H2,1-3H3,(H,18,20). The summed E-state index contributed by atoms with van der Waals surface area (Å²) in [6.45, 7) is 4.71. The Morgan fingerprint density at radius 3 is 2.67 bits per heavy atom. The van der Waals surface area contributed by atoms with Gasteiger partial charge in [0, 0.05) is 11.4 Å². The van der Waals surface area contributed by atoms with Gasteiger partial charge in [-0.1, -0.05) is 6.07 Å². The van der Waals surface area contributed by atoms with Crippen molar-refractivity contribution in [2.45, 2.75) is 20.4 Å². The molecule has 5 heteroatoms. The molecule has 1 aromatic carbocycles. The van der Waals surface area contributed by atoms with Crippen LogP contribution in [0.15, 0.2) is 34.7 Å². The number of likely N-dealkylation sites (N-methyl/N-ethyl adjacent to an activating group) is 1. The Hall–Kier alpha value is -2.27. The van der Waals surface area contributed by atoms with Gasteiger partial charge in [0.05, 0.1) is 13.1 Å². The minimum absolute atomic E-state index is 0.0796. The number of nitrogens with one attached hydrogen (secondary N) is 1. The summed E-state index contributed by atoms with van der Waals surface area (Å²) in [7, 11) is 1.88. The molecule has 0 radical (unpaired) electrons. The zero-order valence-corrected chi connectivity index (χ0v) is 12.6. The average molecular weight is 287 g/mol. The first kappa shape index (κ1) is 15.1. The highest BCUT2D eigenvalue weighted by Crippen LogP contribution is 2.17. The highest BCUT2D eigenvalue weighted by atomic mass is 16.3. The molecule has 0 aliphatic rings. The third-order valence-corrected chi connectivity index (χ3v) is 3.20. The normalized spacial score (nSPS) is 10.9. The van der Waals surface area contributed by atoms with E-state index in [1.165, 1.54) is 0 Å². The maximum atomic E-state index is 12.0. The van der Waals surface area contributed by atoms with Crippen LogP contribution in [0.1, 0.15) is 17.1 Å². The second-order valence-corrected chi connectivity index (χ2v) is 5.30. The van der Waals surface area contributed by atoms with Crippen LogP contribution in [0.3, 0.4) is 0 Å². The van der Waals surface area contributed by atoms with E-state index in [1.54, 1.807) is 6.07 Å². The second kappa shape index (κ2) is 6.45. The number of amides is 1. The van der Waals surface area contributed by atoms with E-state index < -0.39 is 0 Å². The maximum absolute atomic E-state index is 12.0. The minimum atomic E-state index is -0.0796. The highest BCUT2D eigenvalue weighted by molar-refractivity contribution is 5.92. The molecule has 0 saturated carbocycles. The van der Waals surface area contributed by atoms with Crippen LogP contribution in [-0.2, 0) is 11.3 Å². The lowest BCUT2D eigenvalue weighted by Crippen LogP contribution is -2.29. The number of nitrogen functional groups attached to an aromatic ring is 1. The van der Waals surface area contributed by atoms with Gasteiger partial charge in [0.1, 0.15) is 11.5 Å². The quantitative estimate of drug-likeness (QED) is 0.829. The van der Waals surface area contributed by atoms with Gasteiger partial charge in [-0.05, 0) is 50.7 Å². The van der Waals surface area contributed by atoms with Crippen LogP contribution in [0.5, 0.6) is 0 Å². The van der Waals surface area contributed by atoms with E-state index in [0.29, 0.717) is 17.9 Å². The van der Waals surface area contributed by atoms with Crippen molar-refractivity contribution in [2.24, 2.45) is 0 Å². The maximum Gasteiger partial charge on any atom is 0.238 e. The van der Waals surface area contributed by atoms with Crippen LogP contribution in [0.25, 0.3) is 0 Å². The summed E-state index contributed by atoms with van der Waals surface area (Å²) in [5.74, 6) is 1.64. The number of nitrogens with zero attached hydrogens (tertiary/aromatic N) is 1. The molecule has 0 unspecified atom stereocenters. The van der Waals surface area contributed by atoms with Crippen molar-refractivity contribution < 1.29 is 9.21 Å². The second-order valence-electron chi connectivity index (χ2n) is 5.30. The molecule has 1 heterocycles. The first-order valence-corrected chi connectivity index (χ1v) is 6.84. The molecule has 1 amide bonds. The summed E-state index contributed by atoms with van der Waals surface area (Å²) in [5, 5.41) is 2.84. The molecular weight excluding hydrogens is 266 g/mol. The van der Waals surface area contributed by atoms with Crippen LogP contribution in [0, 0.1) is 13.8 Å². The van der Waals surface area contributed by atoms with Crippen molar-refractivity contribution in [3.05, 3.63) is 47.4 Å². The highest BCUT2D eigenvalue weighted by Gasteiger charge is 2.09. The van der Waals surface area contributed by atoms with Crippen molar-refractivity contribution in [3.63, 3.8) is 0 Å². The fraction of sp³-hybridized carbons (Fsp3) is 0.312. The Kier molecular flexibility index (Phi) is 4.65. The smallest absolute Gasteiger partial charge is 0.238 e. The van der Waals surface area contributed by atoms with Gasteiger partial charge in [-0.3, -0.25) is 9.69 Å². The predicted molar refractivity (Wildman–Crippen MR) is 84.0 cm³/mol. The van der Waals surface area contributed by atoms with Gasteiger partial charge in [-0.25, -0.2) is 0 Å². The molecule has 0 aliphatic carbocycles. The van der Waals surface area contributed by atoms with Gasteiger partial charge < -0.3 is 15.5 Å². The number of hydrogen-bond acceptors (Lipinski definition) is 4. The molecule has 0 bridgehead atoms. The van der Waals surface area contributed by atoms with Crippen LogP contribution in [0.2, 0.25) is 0 Å². The zero-order valence-electron chi connectivity index (χ0n) is 12.6. The Bertz CT molecular complexity index is 634. The fourth-order valence-corrected chi connectivity index (χ4v) is 2.06. The fourth-order valence-electron chi connectivity index (χ4n) is 2.06. The molecule has 3 N–H and O–H groups in total. The van der Waals surface area contributed by atoms with E-state index in [0.717, 1.165) is 17.1 Å². The van der Waals surface area contributed by atoms with Gasteiger partial charge in [0.15, 0.2) is 0 Å². The zero-order chi connectivity index (χ0) is 15.4. The van der Waals surface area contributed by atoms with E-state index in [2.05, 4.69) is 5.32 Å². The number of aryl methyl sites for hydroxylation is 2. The molecule has 5 nitrogen and oxygen atoms in total. The first-order chi connectivity index (χ1) is 9.94. The summed E-state index contributed by atoms with van der Waals surface area (Å²) in [6.07, 6.45) is 0. The number of nitrogens with two attached hydrogens (primary N) is 1. The summed E-state index contributed by atoms with van der Waals surface area (Å²) in [4.78, 5) is 13.9. The molecular formula is C16H21N3O2. The topological polar surface area (TPSA) is 71.5 Å². The van der Waals surface area contributed by atoms with Gasteiger partial charge in [0.2, 0.25) is 5.91 Å². The molecule has 1 aromatic heterocycles. The third-order valence-electron chi connectivity index (χ3n) is 3.20. The summed E-state index contributed by atoms with van der Waals surface area (Å²) < 4.78 is 5.49. The number of hydrogen-bond donors (Lipinski definition) is 2. The lowest BCUT2D eigenvalue weighted by molar-refractivity contribution is -0.117. The molecule has 2 rings (SSSR count). The van der Waals surface area contributed by atoms with Crippen molar-refractivity contribution in [1.82, 2.24) is 4.90 Å². The third kappa shape index (κ3) is 4.36.